The lowest BCUT2D eigenvalue weighted by Gasteiger charge is -2.08. The minimum Gasteiger partial charge on any atom is -0.424 e. The molecule has 114 valence electrons. The molecule has 3 rings (SSSR count). The average Bonchev–Trinajstić information content (AvgIpc) is 3.16. The Kier molecular flexibility index (Phi) is 4.19. The Morgan fingerprint density at radius 3 is 2.73 bits per heavy atom. The van der Waals surface area contributed by atoms with Gasteiger partial charge in [-0.1, -0.05) is 30.8 Å². The van der Waals surface area contributed by atoms with Gasteiger partial charge in [-0.25, -0.2) is 0 Å². The number of aromatic nitrogens is 6. The summed E-state index contributed by atoms with van der Waals surface area (Å²) in [6, 6.07) is 6.07. The molecule has 0 aliphatic carbocycles. The summed E-state index contributed by atoms with van der Waals surface area (Å²) in [6.07, 6.45) is 0.734. The van der Waals surface area contributed by atoms with Gasteiger partial charge in [-0.15, -0.1) is 15.3 Å². The lowest BCUT2D eigenvalue weighted by Crippen LogP contribution is -2.02. The van der Waals surface area contributed by atoms with E-state index in [1.54, 1.807) is 4.68 Å². The van der Waals surface area contributed by atoms with Gasteiger partial charge < -0.3 is 4.42 Å². The smallest absolute Gasteiger partial charge is 0.226 e. The van der Waals surface area contributed by atoms with Gasteiger partial charge in [0.25, 0.3) is 0 Å². The third-order valence-electron chi connectivity index (χ3n) is 3.38. The quantitative estimate of drug-likeness (QED) is 0.669. The van der Waals surface area contributed by atoms with Crippen LogP contribution in [0.25, 0.3) is 5.69 Å². The molecule has 0 atom stereocenters. The maximum atomic E-state index is 5.50. The van der Waals surface area contributed by atoms with E-state index in [0.29, 0.717) is 22.7 Å². The van der Waals surface area contributed by atoms with Crippen molar-refractivity contribution in [3.05, 3.63) is 41.1 Å². The molecule has 0 radical (unpaired) electrons. The number of aryl methyl sites for hydroxylation is 2. The van der Waals surface area contributed by atoms with Gasteiger partial charge in [0.05, 0.1) is 11.4 Å². The van der Waals surface area contributed by atoms with E-state index in [-0.39, 0.29) is 0 Å². The first-order chi connectivity index (χ1) is 10.7. The van der Waals surface area contributed by atoms with Crippen LogP contribution in [0.15, 0.2) is 27.8 Å². The lowest BCUT2D eigenvalue weighted by atomic mass is 10.1. The molecule has 0 bridgehead atoms. The van der Waals surface area contributed by atoms with Gasteiger partial charge in [-0.05, 0) is 41.5 Å². The van der Waals surface area contributed by atoms with Crippen LogP contribution < -0.4 is 0 Å². The second-order valence-corrected chi connectivity index (χ2v) is 5.77. The molecule has 8 heteroatoms. The monoisotopic (exact) mass is 316 g/mol. The van der Waals surface area contributed by atoms with Gasteiger partial charge in [0.1, 0.15) is 0 Å². The highest BCUT2D eigenvalue weighted by Gasteiger charge is 2.13. The first-order valence-electron chi connectivity index (χ1n) is 6.98. The summed E-state index contributed by atoms with van der Waals surface area (Å²) in [6.45, 7) is 6.11. The summed E-state index contributed by atoms with van der Waals surface area (Å²) in [4.78, 5) is 0. The van der Waals surface area contributed by atoms with Gasteiger partial charge in [0.2, 0.25) is 16.9 Å². The third-order valence-corrected chi connectivity index (χ3v) is 4.29. The van der Waals surface area contributed by atoms with E-state index in [4.69, 9.17) is 4.42 Å². The third kappa shape index (κ3) is 2.87. The molecule has 0 N–H and O–H groups in total. The predicted octanol–water partition coefficient (Wildman–Crippen LogP) is 2.52. The fraction of sp³-hybridized carbons (Fsp3) is 0.357. The average molecular weight is 316 g/mol. The molecule has 0 amide bonds. The Morgan fingerprint density at radius 1 is 1.14 bits per heavy atom. The van der Waals surface area contributed by atoms with E-state index in [1.165, 1.54) is 17.3 Å². The van der Waals surface area contributed by atoms with Crippen molar-refractivity contribution >= 4 is 11.8 Å². The van der Waals surface area contributed by atoms with Crippen LogP contribution in [-0.2, 0) is 12.2 Å². The maximum absolute atomic E-state index is 5.50. The normalized spacial score (nSPS) is 11.0. The van der Waals surface area contributed by atoms with Crippen molar-refractivity contribution in [3.63, 3.8) is 0 Å². The minimum absolute atomic E-state index is 0.540. The van der Waals surface area contributed by atoms with Crippen LogP contribution >= 0.6 is 11.8 Å². The van der Waals surface area contributed by atoms with Crippen LogP contribution in [0.1, 0.15) is 29.8 Å². The number of benzene rings is 1. The molecule has 0 unspecified atom stereocenters. The highest BCUT2D eigenvalue weighted by molar-refractivity contribution is 7.98. The maximum Gasteiger partial charge on any atom is 0.226 e. The lowest BCUT2D eigenvalue weighted by molar-refractivity contribution is 0.469. The van der Waals surface area contributed by atoms with E-state index in [0.717, 1.165) is 17.7 Å². The number of hydrogen-bond acceptors (Lipinski definition) is 7. The van der Waals surface area contributed by atoms with Crippen LogP contribution in [0, 0.1) is 13.8 Å². The van der Waals surface area contributed by atoms with Gasteiger partial charge in [-0.2, -0.15) is 4.68 Å². The summed E-state index contributed by atoms with van der Waals surface area (Å²) in [5.41, 5.74) is 3.34. The van der Waals surface area contributed by atoms with Crippen molar-refractivity contribution in [2.45, 2.75) is 38.1 Å². The number of tetrazole rings is 1. The minimum atomic E-state index is 0.540. The molecule has 0 spiro atoms. The van der Waals surface area contributed by atoms with Crippen molar-refractivity contribution < 1.29 is 4.42 Å². The molecule has 1 aromatic carbocycles. The van der Waals surface area contributed by atoms with Crippen molar-refractivity contribution in [1.29, 1.82) is 0 Å². The van der Waals surface area contributed by atoms with Gasteiger partial charge in [-0.3, -0.25) is 0 Å². The highest BCUT2D eigenvalue weighted by Crippen LogP contribution is 2.24. The molecule has 0 fully saturated rings. The van der Waals surface area contributed by atoms with E-state index >= 15 is 0 Å². The summed E-state index contributed by atoms with van der Waals surface area (Å²) in [7, 11) is 0. The number of thioether (sulfide) groups is 1. The Balaban J connectivity index is 1.81. The first-order valence-corrected chi connectivity index (χ1v) is 7.96. The Morgan fingerprint density at radius 2 is 1.95 bits per heavy atom. The van der Waals surface area contributed by atoms with E-state index < -0.39 is 0 Å². The predicted molar refractivity (Wildman–Crippen MR) is 81.9 cm³/mol. The number of rotatable bonds is 5. The van der Waals surface area contributed by atoms with Gasteiger partial charge in [0, 0.05) is 6.42 Å². The summed E-state index contributed by atoms with van der Waals surface area (Å²) >= 11 is 1.47. The van der Waals surface area contributed by atoms with Crippen molar-refractivity contribution in [2.75, 3.05) is 0 Å². The molecule has 0 aliphatic rings. The second-order valence-electron chi connectivity index (χ2n) is 4.82. The zero-order chi connectivity index (χ0) is 15.5. The molecule has 3 aromatic rings. The zero-order valence-corrected chi connectivity index (χ0v) is 13.5. The highest BCUT2D eigenvalue weighted by atomic mass is 32.2. The van der Waals surface area contributed by atoms with Crippen LogP contribution in [-0.4, -0.2) is 30.4 Å². The molecule has 2 heterocycles. The Bertz CT molecular complexity index is 781. The second kappa shape index (κ2) is 6.27. The molecular weight excluding hydrogens is 300 g/mol. The fourth-order valence-electron chi connectivity index (χ4n) is 2.00. The van der Waals surface area contributed by atoms with Crippen LogP contribution in [0.2, 0.25) is 0 Å². The number of nitrogens with zero attached hydrogens (tertiary/aromatic N) is 6. The summed E-state index contributed by atoms with van der Waals surface area (Å²) < 4.78 is 7.24. The van der Waals surface area contributed by atoms with Crippen LogP contribution in [0.5, 0.6) is 0 Å². The standard InChI is InChI=1S/C14H16N6OS/c1-4-12-15-16-13(21-12)8-22-14-17-18-19-20(14)11-7-5-6-9(2)10(11)3/h5-7H,4,8H2,1-3H3. The molecule has 2 aromatic heterocycles. The molecule has 22 heavy (non-hydrogen) atoms. The van der Waals surface area contributed by atoms with Gasteiger partial charge in [0.15, 0.2) is 0 Å². The van der Waals surface area contributed by atoms with E-state index in [2.05, 4.69) is 45.6 Å². The van der Waals surface area contributed by atoms with Crippen molar-refractivity contribution in [1.82, 2.24) is 30.4 Å². The topological polar surface area (TPSA) is 82.5 Å². The Hall–Kier alpha value is -2.22. The summed E-state index contributed by atoms with van der Waals surface area (Å²) in [5.74, 6) is 1.76. The van der Waals surface area contributed by atoms with Gasteiger partial charge >= 0.3 is 0 Å². The molecule has 7 nitrogen and oxygen atoms in total. The van der Waals surface area contributed by atoms with Crippen LogP contribution in [0.3, 0.4) is 0 Å². The van der Waals surface area contributed by atoms with Crippen molar-refractivity contribution in [2.24, 2.45) is 0 Å². The zero-order valence-electron chi connectivity index (χ0n) is 12.6. The molecular formula is C14H16N6OS. The van der Waals surface area contributed by atoms with E-state index in [1.807, 2.05) is 19.1 Å². The fourth-order valence-corrected chi connectivity index (χ4v) is 2.72. The van der Waals surface area contributed by atoms with Crippen LogP contribution in [0.4, 0.5) is 0 Å². The summed E-state index contributed by atoms with van der Waals surface area (Å²) in [5, 5.41) is 20.6. The molecule has 0 saturated carbocycles. The molecule has 0 saturated heterocycles. The first kappa shape index (κ1) is 14.7. The Labute approximate surface area is 132 Å². The SMILES string of the molecule is CCc1nnc(CSc2nnnn2-c2cccc(C)c2C)o1. The largest absolute Gasteiger partial charge is 0.424 e. The van der Waals surface area contributed by atoms with E-state index in [9.17, 15) is 0 Å². The molecule has 0 aliphatic heterocycles. The number of hydrogen-bond donors (Lipinski definition) is 0. The van der Waals surface area contributed by atoms with Crippen molar-refractivity contribution in [3.8, 4) is 5.69 Å².